The standard InChI is InChI=1S/C31H39N7O5S/c1-6-7-18-43-26-17-14-24(19-27(26)44(5,41)42)34-30(40)38(25-15-12-23(13-16-25)31(2,3)4)20-21-8-10-22(11-9-21)28(39)35-29(32)36-37-33/h8-17,19H,6-7,18,20H2,1-5H3,(H,34,40)(H4,32,33,35,36,39). The Kier molecular flexibility index (Phi) is 11.2. The zero-order valence-electron chi connectivity index (χ0n) is 25.5. The van der Waals surface area contributed by atoms with Crippen molar-refractivity contribution in [2.24, 2.45) is 16.2 Å². The summed E-state index contributed by atoms with van der Waals surface area (Å²) in [6.45, 7) is 8.82. The van der Waals surface area contributed by atoms with E-state index in [-0.39, 0.29) is 28.2 Å². The molecule has 3 amide bonds. The van der Waals surface area contributed by atoms with Gasteiger partial charge in [-0.15, -0.1) is 0 Å². The minimum Gasteiger partial charge on any atom is -0.492 e. The Labute approximate surface area is 258 Å². The van der Waals surface area contributed by atoms with Crippen molar-refractivity contribution in [1.82, 2.24) is 5.32 Å². The van der Waals surface area contributed by atoms with Crippen LogP contribution in [-0.2, 0) is 21.8 Å². The van der Waals surface area contributed by atoms with Crippen LogP contribution in [0.4, 0.5) is 16.2 Å². The molecule has 5 N–H and O–H groups in total. The van der Waals surface area contributed by atoms with Crippen molar-refractivity contribution in [2.75, 3.05) is 23.1 Å². The summed E-state index contributed by atoms with van der Waals surface area (Å²) in [7, 11) is -3.64. The van der Waals surface area contributed by atoms with E-state index in [4.69, 9.17) is 16.0 Å². The van der Waals surface area contributed by atoms with E-state index in [0.717, 1.165) is 24.7 Å². The third-order valence-electron chi connectivity index (χ3n) is 6.59. The third-order valence-corrected chi connectivity index (χ3v) is 7.70. The SMILES string of the molecule is CCCCOc1ccc(NC(=O)N(Cc2ccc(C(=O)NC(=N)N=NN)cc2)c2ccc(C(C)(C)C)cc2)cc1S(C)(=O)=O. The Balaban J connectivity index is 1.91. The van der Waals surface area contributed by atoms with Crippen molar-refractivity contribution in [3.8, 4) is 5.75 Å². The first-order chi connectivity index (χ1) is 20.7. The van der Waals surface area contributed by atoms with Crippen LogP contribution in [0.5, 0.6) is 5.75 Å². The smallest absolute Gasteiger partial charge is 0.326 e. The van der Waals surface area contributed by atoms with Gasteiger partial charge in [0.05, 0.1) is 13.2 Å². The molecule has 0 aliphatic carbocycles. The fourth-order valence-electron chi connectivity index (χ4n) is 4.14. The molecule has 0 radical (unpaired) electrons. The van der Waals surface area contributed by atoms with Crippen LogP contribution in [-0.4, -0.2) is 39.2 Å². The number of unbranched alkanes of at least 4 members (excludes halogenated alkanes) is 1. The Morgan fingerprint density at radius 1 is 1.02 bits per heavy atom. The van der Waals surface area contributed by atoms with Crippen LogP contribution >= 0.6 is 0 Å². The molecule has 0 spiro atoms. The lowest BCUT2D eigenvalue weighted by atomic mass is 9.87. The van der Waals surface area contributed by atoms with Crippen LogP contribution in [0.2, 0.25) is 0 Å². The zero-order chi connectivity index (χ0) is 32.5. The maximum atomic E-state index is 13.7. The summed E-state index contributed by atoms with van der Waals surface area (Å²) >= 11 is 0. The molecular weight excluding hydrogens is 582 g/mol. The molecule has 0 fully saturated rings. The molecule has 3 aromatic carbocycles. The topological polar surface area (TPSA) is 179 Å². The van der Waals surface area contributed by atoms with E-state index in [9.17, 15) is 18.0 Å². The normalized spacial score (nSPS) is 11.7. The lowest BCUT2D eigenvalue weighted by Gasteiger charge is -2.25. The van der Waals surface area contributed by atoms with Crippen LogP contribution in [0.3, 0.4) is 0 Å². The summed E-state index contributed by atoms with van der Waals surface area (Å²) in [6.07, 6.45) is 2.77. The molecule has 0 atom stereocenters. The predicted octanol–water partition coefficient (Wildman–Crippen LogP) is 5.80. The lowest BCUT2D eigenvalue weighted by molar-refractivity contribution is 0.0976. The summed E-state index contributed by atoms with van der Waals surface area (Å²) in [5.41, 5.74) is 2.88. The minimum absolute atomic E-state index is 0.0117. The average Bonchev–Trinajstić information content (AvgIpc) is 2.96. The van der Waals surface area contributed by atoms with Crippen molar-refractivity contribution in [3.63, 3.8) is 0 Å². The molecule has 0 aromatic heterocycles. The number of amides is 3. The lowest BCUT2D eigenvalue weighted by Crippen LogP contribution is -2.34. The number of benzene rings is 3. The van der Waals surface area contributed by atoms with Crippen LogP contribution in [0.25, 0.3) is 0 Å². The van der Waals surface area contributed by atoms with Gasteiger partial charge in [-0.2, -0.15) is 0 Å². The maximum Gasteiger partial charge on any atom is 0.326 e. The molecule has 0 heterocycles. The van der Waals surface area contributed by atoms with Crippen molar-refractivity contribution in [3.05, 3.63) is 83.4 Å². The number of nitrogens with two attached hydrogens (primary N) is 1. The van der Waals surface area contributed by atoms with Gasteiger partial charge >= 0.3 is 6.03 Å². The highest BCUT2D eigenvalue weighted by Crippen LogP contribution is 2.29. The van der Waals surface area contributed by atoms with Crippen LogP contribution in [0.1, 0.15) is 62.0 Å². The molecule has 0 bridgehead atoms. The molecule has 234 valence electrons. The van der Waals surface area contributed by atoms with Gasteiger partial charge in [-0.25, -0.2) is 13.2 Å². The number of urea groups is 1. The van der Waals surface area contributed by atoms with Gasteiger partial charge < -0.3 is 15.9 Å². The number of sulfone groups is 1. The molecule has 0 aliphatic heterocycles. The van der Waals surface area contributed by atoms with E-state index in [1.807, 2.05) is 31.2 Å². The molecule has 0 aliphatic rings. The molecule has 44 heavy (non-hydrogen) atoms. The Morgan fingerprint density at radius 2 is 1.68 bits per heavy atom. The molecule has 0 saturated heterocycles. The van der Waals surface area contributed by atoms with E-state index < -0.39 is 27.7 Å². The first-order valence-electron chi connectivity index (χ1n) is 14.0. The summed E-state index contributed by atoms with van der Waals surface area (Å²) in [5, 5.41) is 18.8. The van der Waals surface area contributed by atoms with Gasteiger partial charge in [0.1, 0.15) is 10.6 Å². The van der Waals surface area contributed by atoms with E-state index in [1.54, 1.807) is 36.4 Å². The molecule has 3 rings (SSSR count). The van der Waals surface area contributed by atoms with Crippen molar-refractivity contribution in [1.29, 1.82) is 5.41 Å². The summed E-state index contributed by atoms with van der Waals surface area (Å²) in [5.74, 6) is 4.09. The van der Waals surface area contributed by atoms with Crippen molar-refractivity contribution in [2.45, 2.75) is 57.4 Å². The highest BCUT2D eigenvalue weighted by Gasteiger charge is 2.21. The molecule has 0 unspecified atom stereocenters. The van der Waals surface area contributed by atoms with Gasteiger partial charge in [0.15, 0.2) is 9.84 Å². The summed E-state index contributed by atoms with van der Waals surface area (Å²) in [6, 6.07) is 18.2. The highest BCUT2D eigenvalue weighted by atomic mass is 32.2. The number of anilines is 2. The fourth-order valence-corrected chi connectivity index (χ4v) is 4.97. The predicted molar refractivity (Wildman–Crippen MR) is 171 cm³/mol. The summed E-state index contributed by atoms with van der Waals surface area (Å²) in [4.78, 5) is 27.6. The highest BCUT2D eigenvalue weighted by molar-refractivity contribution is 7.90. The quantitative estimate of drug-likeness (QED) is 0.0555. The first-order valence-corrected chi connectivity index (χ1v) is 15.9. The Hall–Kier alpha value is -4.78. The number of carbonyl (C=O) groups excluding carboxylic acids is 2. The number of hydrogen-bond donors (Lipinski definition) is 4. The number of guanidine groups is 1. The van der Waals surface area contributed by atoms with E-state index in [2.05, 4.69) is 41.7 Å². The monoisotopic (exact) mass is 621 g/mol. The molecule has 12 nitrogen and oxygen atoms in total. The fraction of sp³-hybridized carbons (Fsp3) is 0.323. The van der Waals surface area contributed by atoms with Crippen LogP contribution in [0, 0.1) is 5.41 Å². The maximum absolute atomic E-state index is 13.7. The second-order valence-electron chi connectivity index (χ2n) is 11.2. The van der Waals surface area contributed by atoms with Gasteiger partial charge in [-0.3, -0.25) is 20.4 Å². The number of rotatable bonds is 10. The zero-order valence-corrected chi connectivity index (χ0v) is 26.4. The number of ether oxygens (including phenoxy) is 1. The second kappa shape index (κ2) is 14.6. The van der Waals surface area contributed by atoms with Gasteiger partial charge in [-0.1, -0.05) is 68.7 Å². The molecule has 0 saturated carbocycles. The van der Waals surface area contributed by atoms with E-state index in [1.165, 1.54) is 11.0 Å². The number of nitrogens with zero attached hydrogens (tertiary/aromatic N) is 3. The largest absolute Gasteiger partial charge is 0.492 e. The van der Waals surface area contributed by atoms with Crippen LogP contribution < -0.4 is 26.1 Å². The molecular formula is C31H39N7O5S. The minimum atomic E-state index is -3.64. The molecule has 13 heteroatoms. The van der Waals surface area contributed by atoms with Gasteiger partial charge in [0.2, 0.25) is 5.96 Å². The van der Waals surface area contributed by atoms with Gasteiger partial charge in [0.25, 0.3) is 5.91 Å². The van der Waals surface area contributed by atoms with Gasteiger partial charge in [-0.05, 0) is 65.4 Å². The van der Waals surface area contributed by atoms with Gasteiger partial charge in [0, 0.05) is 23.2 Å². The van der Waals surface area contributed by atoms with Crippen molar-refractivity contribution >= 4 is 39.1 Å². The molecule has 3 aromatic rings. The third kappa shape index (κ3) is 9.36. The summed E-state index contributed by atoms with van der Waals surface area (Å²) < 4.78 is 30.8. The number of carbonyl (C=O) groups is 2. The number of hydrogen-bond acceptors (Lipinski definition) is 7. The number of nitrogens with one attached hydrogen (secondary N) is 3. The Bertz CT molecular complexity index is 1610. The van der Waals surface area contributed by atoms with E-state index >= 15 is 0 Å². The Morgan fingerprint density at radius 3 is 2.25 bits per heavy atom. The van der Waals surface area contributed by atoms with Crippen LogP contribution in [0.15, 0.2) is 82.0 Å². The average molecular weight is 622 g/mol. The van der Waals surface area contributed by atoms with Crippen molar-refractivity contribution < 1.29 is 22.7 Å². The second-order valence-corrected chi connectivity index (χ2v) is 13.1. The van der Waals surface area contributed by atoms with E-state index in [0.29, 0.717) is 23.5 Å². The first kappa shape index (κ1) is 33.7.